The Morgan fingerprint density at radius 1 is 1.71 bits per heavy atom. The fraction of sp³-hybridized carbons (Fsp3) is 0.625. The quantitative estimate of drug-likeness (QED) is 0.679. The second-order valence-electron chi connectivity index (χ2n) is 3.17. The van der Waals surface area contributed by atoms with Gasteiger partial charge in [-0.2, -0.15) is 5.10 Å². The average Bonchev–Trinajstić information content (AvgIpc) is 2.51. The molecule has 1 rings (SSSR count). The van der Waals surface area contributed by atoms with Gasteiger partial charge >= 0.3 is 5.97 Å². The molecule has 6 nitrogen and oxygen atoms in total. The number of esters is 1. The first-order chi connectivity index (χ1) is 6.61. The van der Waals surface area contributed by atoms with Crippen molar-refractivity contribution >= 4 is 5.97 Å². The molecule has 0 spiro atoms. The highest BCUT2D eigenvalue weighted by Gasteiger charge is 2.07. The third-order valence-corrected chi connectivity index (χ3v) is 1.65. The lowest BCUT2D eigenvalue weighted by Gasteiger charge is -2.06. The Kier molecular flexibility index (Phi) is 3.44. The summed E-state index contributed by atoms with van der Waals surface area (Å²) < 4.78 is 6.16. The molecular formula is C8H13N3O3. The van der Waals surface area contributed by atoms with E-state index in [9.17, 15) is 9.59 Å². The van der Waals surface area contributed by atoms with E-state index in [1.807, 2.05) is 0 Å². The first-order valence-electron chi connectivity index (χ1n) is 4.38. The number of carbonyl (C=O) groups excluding carboxylic acids is 1. The third kappa shape index (κ3) is 2.72. The lowest BCUT2D eigenvalue weighted by molar-refractivity contribution is -0.147. The van der Waals surface area contributed by atoms with E-state index in [1.54, 1.807) is 13.8 Å². The average molecular weight is 199 g/mol. The van der Waals surface area contributed by atoms with Crippen molar-refractivity contribution in [1.29, 1.82) is 0 Å². The first kappa shape index (κ1) is 10.5. The van der Waals surface area contributed by atoms with Gasteiger partial charge in [0.1, 0.15) is 12.8 Å². The van der Waals surface area contributed by atoms with Crippen LogP contribution in [0.5, 0.6) is 0 Å². The van der Waals surface area contributed by atoms with Gasteiger partial charge in [-0.15, -0.1) is 0 Å². The molecule has 0 radical (unpaired) electrons. The lowest BCUT2D eigenvalue weighted by atomic mass is 10.2. The van der Waals surface area contributed by atoms with E-state index < -0.39 is 0 Å². The van der Waals surface area contributed by atoms with Gasteiger partial charge in [-0.05, 0) is 0 Å². The Balaban J connectivity index is 2.33. The van der Waals surface area contributed by atoms with Crippen LogP contribution in [0.1, 0.15) is 13.8 Å². The molecule has 78 valence electrons. The van der Waals surface area contributed by atoms with Crippen LogP contribution in [-0.2, 0) is 16.1 Å². The normalized spacial score (nSPS) is 10.5. The van der Waals surface area contributed by atoms with Gasteiger partial charge in [-0.3, -0.25) is 9.59 Å². The molecule has 0 amide bonds. The molecule has 1 heterocycles. The van der Waals surface area contributed by atoms with Crippen LogP contribution in [0.2, 0.25) is 0 Å². The van der Waals surface area contributed by atoms with Crippen molar-refractivity contribution in [3.05, 3.63) is 16.6 Å². The van der Waals surface area contributed by atoms with Gasteiger partial charge in [-0.1, -0.05) is 13.8 Å². The van der Waals surface area contributed by atoms with Crippen molar-refractivity contribution in [3.8, 4) is 0 Å². The lowest BCUT2D eigenvalue weighted by Crippen LogP contribution is -2.21. The molecule has 0 atom stereocenters. The van der Waals surface area contributed by atoms with Gasteiger partial charge in [0.15, 0.2) is 0 Å². The van der Waals surface area contributed by atoms with Crippen LogP contribution in [0.3, 0.4) is 0 Å². The number of nitrogens with zero attached hydrogens (tertiary/aromatic N) is 2. The Hall–Kier alpha value is -1.59. The zero-order valence-corrected chi connectivity index (χ0v) is 8.19. The third-order valence-electron chi connectivity index (χ3n) is 1.65. The van der Waals surface area contributed by atoms with Gasteiger partial charge in [0, 0.05) is 0 Å². The van der Waals surface area contributed by atoms with Crippen molar-refractivity contribution in [3.63, 3.8) is 0 Å². The van der Waals surface area contributed by atoms with Crippen LogP contribution in [0.15, 0.2) is 11.0 Å². The Bertz CT molecular complexity index is 353. The van der Waals surface area contributed by atoms with Gasteiger partial charge < -0.3 is 4.74 Å². The summed E-state index contributed by atoms with van der Waals surface area (Å²) in [4.78, 5) is 22.0. The minimum atomic E-state index is -0.266. The predicted molar refractivity (Wildman–Crippen MR) is 48.6 cm³/mol. The van der Waals surface area contributed by atoms with Crippen molar-refractivity contribution in [2.75, 3.05) is 6.61 Å². The van der Waals surface area contributed by atoms with Crippen molar-refractivity contribution in [2.24, 2.45) is 5.92 Å². The van der Waals surface area contributed by atoms with Crippen LogP contribution in [-0.4, -0.2) is 27.6 Å². The Morgan fingerprint density at radius 3 is 2.93 bits per heavy atom. The molecule has 0 aliphatic carbocycles. The number of ether oxygens (including phenoxy) is 1. The van der Waals surface area contributed by atoms with Crippen LogP contribution in [0.25, 0.3) is 0 Å². The maximum absolute atomic E-state index is 11.0. The molecule has 0 fully saturated rings. The summed E-state index contributed by atoms with van der Waals surface area (Å²) in [5.74, 6) is -0.411. The van der Waals surface area contributed by atoms with Crippen LogP contribution < -0.4 is 5.56 Å². The van der Waals surface area contributed by atoms with Crippen LogP contribution in [0.4, 0.5) is 0 Å². The Morgan fingerprint density at radius 2 is 2.43 bits per heavy atom. The number of H-pyrrole nitrogens is 1. The molecular weight excluding hydrogens is 186 g/mol. The monoisotopic (exact) mass is 199 g/mol. The molecule has 0 aliphatic rings. The van der Waals surface area contributed by atoms with E-state index in [1.165, 1.54) is 10.9 Å². The highest BCUT2D eigenvalue weighted by molar-refractivity contribution is 5.71. The maximum Gasteiger partial charge on any atom is 0.308 e. The van der Waals surface area contributed by atoms with E-state index in [4.69, 9.17) is 4.74 Å². The van der Waals surface area contributed by atoms with Gasteiger partial charge in [0.25, 0.3) is 5.56 Å². The van der Waals surface area contributed by atoms with Gasteiger partial charge in [0.2, 0.25) is 0 Å². The number of rotatable bonds is 4. The summed E-state index contributed by atoms with van der Waals surface area (Å²) in [6.07, 6.45) is 1.17. The standard InChI is InChI=1S/C8H13N3O3/c1-6(2)8(13)14-4-3-11-7(12)5-9-10-11/h5-6,10H,3-4H2,1-2H3. The number of carbonyl (C=O) groups is 1. The molecule has 0 unspecified atom stereocenters. The number of aromatic amines is 1. The summed E-state index contributed by atoms with van der Waals surface area (Å²) in [6.45, 7) is 3.99. The number of hydrogen-bond acceptors (Lipinski definition) is 4. The molecule has 14 heavy (non-hydrogen) atoms. The fourth-order valence-electron chi connectivity index (χ4n) is 0.837. The van der Waals surface area contributed by atoms with Crippen LogP contribution in [0, 0.1) is 5.92 Å². The minimum Gasteiger partial charge on any atom is -0.464 e. The molecule has 0 saturated heterocycles. The molecule has 6 heteroatoms. The predicted octanol–water partition coefficient (Wildman–Crippen LogP) is -0.229. The van der Waals surface area contributed by atoms with E-state index in [2.05, 4.69) is 10.3 Å². The maximum atomic E-state index is 11.0. The summed E-state index contributed by atoms with van der Waals surface area (Å²) in [5, 5.41) is 6.01. The van der Waals surface area contributed by atoms with Crippen LogP contribution >= 0.6 is 0 Å². The molecule has 0 bridgehead atoms. The zero-order valence-electron chi connectivity index (χ0n) is 8.19. The molecule has 0 aliphatic heterocycles. The summed E-state index contributed by atoms with van der Waals surface area (Å²) in [6, 6.07) is 0. The topological polar surface area (TPSA) is 77.0 Å². The molecule has 1 aromatic rings. The Labute approximate surface area is 80.9 Å². The molecule has 0 aromatic carbocycles. The van der Waals surface area contributed by atoms with Crippen molar-refractivity contribution in [1.82, 2.24) is 15.0 Å². The number of aromatic nitrogens is 3. The van der Waals surface area contributed by atoms with E-state index >= 15 is 0 Å². The SMILES string of the molecule is CC(C)C(=O)OCCn1[nH]ncc1=O. The van der Waals surface area contributed by atoms with Crippen molar-refractivity contribution < 1.29 is 9.53 Å². The zero-order chi connectivity index (χ0) is 10.6. The second kappa shape index (κ2) is 4.59. The van der Waals surface area contributed by atoms with E-state index in [0.29, 0.717) is 6.54 Å². The summed E-state index contributed by atoms with van der Waals surface area (Å²) >= 11 is 0. The van der Waals surface area contributed by atoms with Gasteiger partial charge in [-0.25, -0.2) is 9.90 Å². The second-order valence-corrected chi connectivity index (χ2v) is 3.17. The molecule has 1 aromatic heterocycles. The van der Waals surface area contributed by atoms with Crippen molar-refractivity contribution in [2.45, 2.75) is 20.4 Å². The van der Waals surface area contributed by atoms with E-state index in [-0.39, 0.29) is 24.1 Å². The summed E-state index contributed by atoms with van der Waals surface area (Å²) in [5.41, 5.74) is -0.231. The number of nitrogens with one attached hydrogen (secondary N) is 1. The smallest absolute Gasteiger partial charge is 0.308 e. The first-order valence-corrected chi connectivity index (χ1v) is 4.38. The molecule has 0 saturated carbocycles. The van der Waals surface area contributed by atoms with E-state index in [0.717, 1.165) is 0 Å². The highest BCUT2D eigenvalue weighted by Crippen LogP contribution is 1.95. The highest BCUT2D eigenvalue weighted by atomic mass is 16.5. The fourth-order valence-corrected chi connectivity index (χ4v) is 0.837. The minimum absolute atomic E-state index is 0.145. The summed E-state index contributed by atoms with van der Waals surface area (Å²) in [7, 11) is 0. The number of hydrogen-bond donors (Lipinski definition) is 1. The largest absolute Gasteiger partial charge is 0.464 e. The molecule has 1 N–H and O–H groups in total. The van der Waals surface area contributed by atoms with Gasteiger partial charge in [0.05, 0.1) is 12.5 Å².